The number of carbonyl (C=O) groups is 2. The first-order valence-corrected chi connectivity index (χ1v) is 8.07. The molecule has 1 atom stereocenters. The normalized spacial score (nSPS) is 17.3. The van der Waals surface area contributed by atoms with E-state index in [4.69, 9.17) is 4.52 Å². The van der Waals surface area contributed by atoms with E-state index in [0.717, 1.165) is 24.5 Å². The first-order valence-electron chi connectivity index (χ1n) is 8.07. The molecule has 1 aromatic heterocycles. The minimum absolute atomic E-state index is 0.00496. The van der Waals surface area contributed by atoms with Crippen molar-refractivity contribution in [3.63, 3.8) is 0 Å². The molecule has 7 heteroatoms. The number of nitrogens with one attached hydrogen (secondary N) is 1. The SMILES string of the molecule is CC(=O)NC(C(=O)N1CCN(Cc2cc(C)no2)CC1)C(C)C. The first kappa shape index (κ1) is 17.5. The minimum atomic E-state index is -0.448. The summed E-state index contributed by atoms with van der Waals surface area (Å²) in [7, 11) is 0. The molecular weight excluding hydrogens is 296 g/mol. The second-order valence-corrected chi connectivity index (χ2v) is 6.46. The zero-order chi connectivity index (χ0) is 17.0. The summed E-state index contributed by atoms with van der Waals surface area (Å²) in [5.41, 5.74) is 0.879. The van der Waals surface area contributed by atoms with Crippen molar-refractivity contribution in [1.82, 2.24) is 20.3 Å². The number of carbonyl (C=O) groups excluding carboxylic acids is 2. The lowest BCUT2D eigenvalue weighted by Crippen LogP contribution is -2.56. The van der Waals surface area contributed by atoms with Gasteiger partial charge in [-0.25, -0.2) is 0 Å². The molecule has 0 radical (unpaired) electrons. The second kappa shape index (κ2) is 7.59. The Labute approximate surface area is 137 Å². The van der Waals surface area contributed by atoms with Crippen LogP contribution in [0.25, 0.3) is 0 Å². The quantitative estimate of drug-likeness (QED) is 0.867. The molecule has 0 spiro atoms. The fraction of sp³-hybridized carbons (Fsp3) is 0.688. The van der Waals surface area contributed by atoms with E-state index in [0.29, 0.717) is 19.6 Å². The zero-order valence-corrected chi connectivity index (χ0v) is 14.3. The molecule has 1 saturated heterocycles. The lowest BCUT2D eigenvalue weighted by atomic mass is 10.0. The number of hydrogen-bond acceptors (Lipinski definition) is 5. The minimum Gasteiger partial charge on any atom is -0.360 e. The number of aromatic nitrogens is 1. The summed E-state index contributed by atoms with van der Waals surface area (Å²) in [5.74, 6) is 0.754. The molecule has 23 heavy (non-hydrogen) atoms. The van der Waals surface area contributed by atoms with Gasteiger partial charge in [-0.3, -0.25) is 14.5 Å². The van der Waals surface area contributed by atoms with Crippen LogP contribution >= 0.6 is 0 Å². The summed E-state index contributed by atoms with van der Waals surface area (Å²) in [6.45, 7) is 10.8. The second-order valence-electron chi connectivity index (χ2n) is 6.46. The standard InChI is InChI=1S/C16H26N4O3/c1-11(2)15(17-13(4)21)16(22)20-7-5-19(6-8-20)10-14-9-12(3)18-23-14/h9,11,15H,5-8,10H2,1-4H3,(H,17,21). The highest BCUT2D eigenvalue weighted by Gasteiger charge is 2.30. The van der Waals surface area contributed by atoms with Gasteiger partial charge in [0.1, 0.15) is 6.04 Å². The third-order valence-corrected chi connectivity index (χ3v) is 4.03. The van der Waals surface area contributed by atoms with Crippen molar-refractivity contribution >= 4 is 11.8 Å². The van der Waals surface area contributed by atoms with E-state index in [1.54, 1.807) is 0 Å². The summed E-state index contributed by atoms with van der Waals surface area (Å²) in [4.78, 5) is 28.0. The number of nitrogens with zero attached hydrogens (tertiary/aromatic N) is 3. The van der Waals surface area contributed by atoms with Crippen molar-refractivity contribution < 1.29 is 14.1 Å². The molecular formula is C16H26N4O3. The van der Waals surface area contributed by atoms with Crippen molar-refractivity contribution in [3.8, 4) is 0 Å². The van der Waals surface area contributed by atoms with Gasteiger partial charge in [0.25, 0.3) is 0 Å². The van der Waals surface area contributed by atoms with Gasteiger partial charge in [-0.15, -0.1) is 0 Å². The van der Waals surface area contributed by atoms with E-state index in [1.807, 2.05) is 31.7 Å². The van der Waals surface area contributed by atoms with Crippen LogP contribution in [0.4, 0.5) is 0 Å². The Bertz CT molecular complexity index is 547. The van der Waals surface area contributed by atoms with Gasteiger partial charge in [-0.2, -0.15) is 0 Å². The van der Waals surface area contributed by atoms with E-state index in [2.05, 4.69) is 15.4 Å². The topological polar surface area (TPSA) is 78.7 Å². The molecule has 0 aromatic carbocycles. The number of piperazine rings is 1. The van der Waals surface area contributed by atoms with Crippen molar-refractivity contribution in [2.75, 3.05) is 26.2 Å². The Morgan fingerprint density at radius 1 is 1.30 bits per heavy atom. The fourth-order valence-electron chi connectivity index (χ4n) is 2.77. The van der Waals surface area contributed by atoms with Crippen molar-refractivity contribution in [2.45, 2.75) is 40.3 Å². The Morgan fingerprint density at radius 2 is 1.96 bits per heavy atom. The molecule has 2 heterocycles. The number of amides is 2. The molecule has 7 nitrogen and oxygen atoms in total. The summed E-state index contributed by atoms with van der Waals surface area (Å²) in [6, 6.07) is 1.49. The molecule has 1 aliphatic rings. The Kier molecular flexibility index (Phi) is 5.76. The summed E-state index contributed by atoms with van der Waals surface area (Å²) in [5, 5.41) is 6.65. The Hall–Kier alpha value is -1.89. The molecule has 128 valence electrons. The van der Waals surface area contributed by atoms with Gasteiger partial charge in [0.2, 0.25) is 11.8 Å². The molecule has 0 bridgehead atoms. The van der Waals surface area contributed by atoms with Crippen molar-refractivity contribution in [3.05, 3.63) is 17.5 Å². The molecule has 2 amide bonds. The number of aryl methyl sites for hydroxylation is 1. The first-order chi connectivity index (χ1) is 10.9. The van der Waals surface area contributed by atoms with Gasteiger partial charge in [0.05, 0.1) is 12.2 Å². The lowest BCUT2D eigenvalue weighted by molar-refractivity contribution is -0.138. The lowest BCUT2D eigenvalue weighted by Gasteiger charge is -2.36. The van der Waals surface area contributed by atoms with Crippen LogP contribution in [0.5, 0.6) is 0 Å². The van der Waals surface area contributed by atoms with E-state index in [9.17, 15) is 9.59 Å². The van der Waals surface area contributed by atoms with E-state index in [-0.39, 0.29) is 17.7 Å². The van der Waals surface area contributed by atoms with Crippen LogP contribution < -0.4 is 5.32 Å². The Morgan fingerprint density at radius 3 is 2.43 bits per heavy atom. The Balaban J connectivity index is 1.87. The number of hydrogen-bond donors (Lipinski definition) is 1. The molecule has 1 aliphatic heterocycles. The van der Waals surface area contributed by atoms with Crippen LogP contribution in [0, 0.1) is 12.8 Å². The average molecular weight is 322 g/mol. The predicted octanol–water partition coefficient (Wildman–Crippen LogP) is 0.788. The summed E-state index contributed by atoms with van der Waals surface area (Å²) in [6.07, 6.45) is 0. The van der Waals surface area contributed by atoms with Crippen LogP contribution in [0.15, 0.2) is 10.6 Å². The van der Waals surface area contributed by atoms with Gasteiger partial charge >= 0.3 is 0 Å². The van der Waals surface area contributed by atoms with Crippen LogP contribution in [0.1, 0.15) is 32.2 Å². The van der Waals surface area contributed by atoms with Crippen LogP contribution in [-0.4, -0.2) is 59.0 Å². The highest BCUT2D eigenvalue weighted by Crippen LogP contribution is 2.12. The maximum atomic E-state index is 12.6. The van der Waals surface area contributed by atoms with Crippen LogP contribution in [0.3, 0.4) is 0 Å². The van der Waals surface area contributed by atoms with E-state index in [1.165, 1.54) is 6.92 Å². The smallest absolute Gasteiger partial charge is 0.245 e. The molecule has 1 fully saturated rings. The molecule has 1 unspecified atom stereocenters. The van der Waals surface area contributed by atoms with Gasteiger partial charge in [-0.1, -0.05) is 19.0 Å². The summed E-state index contributed by atoms with van der Waals surface area (Å²) < 4.78 is 5.24. The third-order valence-electron chi connectivity index (χ3n) is 4.03. The van der Waals surface area contributed by atoms with E-state index >= 15 is 0 Å². The van der Waals surface area contributed by atoms with Crippen LogP contribution in [-0.2, 0) is 16.1 Å². The average Bonchev–Trinajstić information content (AvgIpc) is 2.89. The van der Waals surface area contributed by atoms with E-state index < -0.39 is 6.04 Å². The maximum absolute atomic E-state index is 12.6. The molecule has 1 aromatic rings. The zero-order valence-electron chi connectivity index (χ0n) is 14.3. The van der Waals surface area contributed by atoms with Gasteiger partial charge in [0, 0.05) is 39.2 Å². The highest BCUT2D eigenvalue weighted by molar-refractivity contribution is 5.87. The van der Waals surface area contributed by atoms with Gasteiger partial charge in [0.15, 0.2) is 5.76 Å². The van der Waals surface area contributed by atoms with Crippen LogP contribution in [0.2, 0.25) is 0 Å². The largest absolute Gasteiger partial charge is 0.360 e. The monoisotopic (exact) mass is 322 g/mol. The summed E-state index contributed by atoms with van der Waals surface area (Å²) >= 11 is 0. The van der Waals surface area contributed by atoms with Gasteiger partial charge in [-0.05, 0) is 12.8 Å². The van der Waals surface area contributed by atoms with Crippen molar-refractivity contribution in [2.24, 2.45) is 5.92 Å². The third kappa shape index (κ3) is 4.79. The molecule has 1 N–H and O–H groups in total. The molecule has 0 saturated carbocycles. The van der Waals surface area contributed by atoms with Crippen molar-refractivity contribution in [1.29, 1.82) is 0 Å². The number of rotatable bonds is 5. The highest BCUT2D eigenvalue weighted by atomic mass is 16.5. The molecule has 0 aliphatic carbocycles. The predicted molar refractivity (Wildman–Crippen MR) is 85.5 cm³/mol. The fourth-order valence-corrected chi connectivity index (χ4v) is 2.77. The van der Waals surface area contributed by atoms with Gasteiger partial charge < -0.3 is 14.7 Å². The molecule has 2 rings (SSSR count). The maximum Gasteiger partial charge on any atom is 0.245 e.